The fourth-order valence-corrected chi connectivity index (χ4v) is 3.70. The van der Waals surface area contributed by atoms with Gasteiger partial charge in [-0.1, -0.05) is 0 Å². The molecule has 3 fully saturated rings. The summed E-state index contributed by atoms with van der Waals surface area (Å²) in [5, 5.41) is 0. The van der Waals surface area contributed by atoms with Gasteiger partial charge in [0.1, 0.15) is 0 Å². The Balaban J connectivity index is 1.43. The third-order valence-electron chi connectivity index (χ3n) is 5.21. The maximum Gasteiger partial charge on any atom is 0.0987 e. The first-order valence-corrected chi connectivity index (χ1v) is 7.27. The quantitative estimate of drug-likeness (QED) is 0.747. The molecule has 0 amide bonds. The Morgan fingerprint density at radius 1 is 1.00 bits per heavy atom. The highest BCUT2D eigenvalue weighted by molar-refractivity contribution is 4.98. The van der Waals surface area contributed by atoms with Gasteiger partial charge < -0.3 is 4.74 Å². The van der Waals surface area contributed by atoms with E-state index in [1.54, 1.807) is 7.11 Å². The van der Waals surface area contributed by atoms with Crippen LogP contribution < -0.4 is 0 Å². The summed E-state index contributed by atoms with van der Waals surface area (Å²) >= 11 is 0. The van der Waals surface area contributed by atoms with Crippen LogP contribution >= 0.6 is 0 Å². The van der Waals surface area contributed by atoms with Gasteiger partial charge in [-0.2, -0.15) is 0 Å². The molecule has 2 saturated carbocycles. The van der Waals surface area contributed by atoms with Gasteiger partial charge in [0.05, 0.1) is 6.73 Å². The molecule has 0 aromatic carbocycles. The van der Waals surface area contributed by atoms with E-state index in [0.29, 0.717) is 0 Å². The molecule has 0 radical (unpaired) electrons. The molecule has 98 valence electrons. The highest BCUT2D eigenvalue weighted by Gasteiger charge is 2.45. The minimum Gasteiger partial charge on any atom is -0.369 e. The molecule has 1 aliphatic heterocycles. The molecule has 3 aliphatic rings. The molecule has 1 saturated heterocycles. The van der Waals surface area contributed by atoms with Crippen LogP contribution in [-0.2, 0) is 4.74 Å². The van der Waals surface area contributed by atoms with Gasteiger partial charge in [-0.15, -0.1) is 0 Å². The SMILES string of the molecule is COCN1CCN(C2CCC3(CC2)CC3)CC1. The van der Waals surface area contributed by atoms with E-state index in [-0.39, 0.29) is 0 Å². The van der Waals surface area contributed by atoms with Gasteiger partial charge in [0, 0.05) is 39.3 Å². The standard InChI is InChI=1S/C14H26N2O/c1-17-12-15-8-10-16(11-9-15)13-2-4-14(5-3-13)6-7-14/h13H,2-12H2,1H3. The second kappa shape index (κ2) is 4.87. The molecule has 0 atom stereocenters. The second-order valence-corrected chi connectivity index (χ2v) is 6.30. The zero-order valence-electron chi connectivity index (χ0n) is 11.2. The second-order valence-electron chi connectivity index (χ2n) is 6.30. The smallest absolute Gasteiger partial charge is 0.0987 e. The Morgan fingerprint density at radius 2 is 1.65 bits per heavy atom. The van der Waals surface area contributed by atoms with Gasteiger partial charge in [-0.05, 0) is 43.9 Å². The van der Waals surface area contributed by atoms with Crippen LogP contribution in [0.2, 0.25) is 0 Å². The molecule has 0 unspecified atom stereocenters. The lowest BCUT2D eigenvalue weighted by Crippen LogP contribution is -2.51. The molecule has 0 N–H and O–H groups in total. The van der Waals surface area contributed by atoms with E-state index >= 15 is 0 Å². The van der Waals surface area contributed by atoms with Gasteiger partial charge in [-0.25, -0.2) is 0 Å². The van der Waals surface area contributed by atoms with Gasteiger partial charge in [0.25, 0.3) is 0 Å². The molecule has 3 nitrogen and oxygen atoms in total. The average molecular weight is 238 g/mol. The topological polar surface area (TPSA) is 15.7 Å². The zero-order chi connectivity index (χ0) is 11.7. The van der Waals surface area contributed by atoms with Crippen LogP contribution in [0.1, 0.15) is 38.5 Å². The molecular formula is C14H26N2O. The van der Waals surface area contributed by atoms with Gasteiger partial charge in [0.2, 0.25) is 0 Å². The number of ether oxygens (including phenoxy) is 1. The Kier molecular flexibility index (Phi) is 3.42. The van der Waals surface area contributed by atoms with E-state index in [2.05, 4.69) is 9.80 Å². The minimum absolute atomic E-state index is 0.807. The molecule has 0 aromatic rings. The van der Waals surface area contributed by atoms with Crippen molar-refractivity contribution in [1.29, 1.82) is 0 Å². The maximum absolute atomic E-state index is 5.20. The van der Waals surface area contributed by atoms with Crippen LogP contribution in [0.15, 0.2) is 0 Å². The van der Waals surface area contributed by atoms with Crippen molar-refractivity contribution in [2.75, 3.05) is 40.0 Å². The largest absolute Gasteiger partial charge is 0.369 e. The number of piperazine rings is 1. The fraction of sp³-hybridized carbons (Fsp3) is 1.00. The fourth-order valence-electron chi connectivity index (χ4n) is 3.70. The first kappa shape index (κ1) is 11.9. The maximum atomic E-state index is 5.20. The molecular weight excluding hydrogens is 212 g/mol. The van der Waals surface area contributed by atoms with Gasteiger partial charge in [0.15, 0.2) is 0 Å². The lowest BCUT2D eigenvalue weighted by molar-refractivity contribution is 0.00734. The molecule has 0 aromatic heterocycles. The lowest BCUT2D eigenvalue weighted by Gasteiger charge is -2.42. The van der Waals surface area contributed by atoms with Crippen molar-refractivity contribution in [1.82, 2.24) is 9.80 Å². The molecule has 2 aliphatic carbocycles. The van der Waals surface area contributed by atoms with Crippen molar-refractivity contribution in [3.63, 3.8) is 0 Å². The van der Waals surface area contributed by atoms with Crippen LogP contribution in [0.4, 0.5) is 0 Å². The van der Waals surface area contributed by atoms with Crippen molar-refractivity contribution in [2.24, 2.45) is 5.41 Å². The summed E-state index contributed by atoms with van der Waals surface area (Å²) in [5.41, 5.74) is 0.842. The first-order valence-electron chi connectivity index (χ1n) is 7.27. The van der Waals surface area contributed by atoms with Crippen molar-refractivity contribution < 1.29 is 4.74 Å². The summed E-state index contributed by atoms with van der Waals surface area (Å²) in [6.45, 7) is 5.69. The molecule has 3 rings (SSSR count). The number of hydrogen-bond donors (Lipinski definition) is 0. The van der Waals surface area contributed by atoms with E-state index in [1.165, 1.54) is 64.7 Å². The summed E-state index contributed by atoms with van der Waals surface area (Å²) < 4.78 is 5.20. The Bertz CT molecular complexity index is 247. The summed E-state index contributed by atoms with van der Waals surface area (Å²) in [6.07, 6.45) is 9.00. The predicted octanol–water partition coefficient (Wildman–Crippen LogP) is 1.93. The number of nitrogens with zero attached hydrogens (tertiary/aromatic N) is 2. The number of hydrogen-bond acceptors (Lipinski definition) is 3. The van der Waals surface area contributed by atoms with Crippen LogP contribution in [-0.4, -0.2) is 55.9 Å². The highest BCUT2D eigenvalue weighted by Crippen LogP contribution is 2.56. The van der Waals surface area contributed by atoms with Crippen molar-refractivity contribution in [3.8, 4) is 0 Å². The Hall–Kier alpha value is -0.120. The summed E-state index contributed by atoms with van der Waals surface area (Å²) in [4.78, 5) is 5.16. The Labute approximate surface area is 105 Å². The summed E-state index contributed by atoms with van der Waals surface area (Å²) in [6, 6.07) is 0.894. The van der Waals surface area contributed by atoms with Crippen molar-refractivity contribution >= 4 is 0 Å². The lowest BCUT2D eigenvalue weighted by atomic mass is 9.82. The summed E-state index contributed by atoms with van der Waals surface area (Å²) in [5.74, 6) is 0. The van der Waals surface area contributed by atoms with Gasteiger partial charge >= 0.3 is 0 Å². The normalized spacial score (nSPS) is 30.9. The van der Waals surface area contributed by atoms with E-state index in [4.69, 9.17) is 4.74 Å². The number of rotatable bonds is 3. The molecule has 1 heterocycles. The predicted molar refractivity (Wildman–Crippen MR) is 68.9 cm³/mol. The summed E-state index contributed by atoms with van der Waals surface area (Å²) in [7, 11) is 1.79. The molecule has 0 bridgehead atoms. The van der Waals surface area contributed by atoms with E-state index in [9.17, 15) is 0 Å². The third kappa shape index (κ3) is 2.67. The molecule has 1 spiro atoms. The average Bonchev–Trinajstić information content (AvgIpc) is 3.12. The van der Waals surface area contributed by atoms with Crippen LogP contribution in [0.3, 0.4) is 0 Å². The van der Waals surface area contributed by atoms with Crippen LogP contribution in [0.5, 0.6) is 0 Å². The third-order valence-corrected chi connectivity index (χ3v) is 5.21. The molecule has 17 heavy (non-hydrogen) atoms. The van der Waals surface area contributed by atoms with E-state index < -0.39 is 0 Å². The monoisotopic (exact) mass is 238 g/mol. The van der Waals surface area contributed by atoms with Crippen molar-refractivity contribution in [2.45, 2.75) is 44.6 Å². The van der Waals surface area contributed by atoms with E-state index in [1.807, 2.05) is 0 Å². The van der Waals surface area contributed by atoms with Gasteiger partial charge in [-0.3, -0.25) is 9.80 Å². The zero-order valence-corrected chi connectivity index (χ0v) is 11.2. The first-order chi connectivity index (χ1) is 8.31. The number of methoxy groups -OCH3 is 1. The highest BCUT2D eigenvalue weighted by atomic mass is 16.5. The Morgan fingerprint density at radius 3 is 2.18 bits per heavy atom. The minimum atomic E-state index is 0.807. The van der Waals surface area contributed by atoms with E-state index in [0.717, 1.165) is 18.2 Å². The van der Waals surface area contributed by atoms with Crippen LogP contribution in [0, 0.1) is 5.41 Å². The molecule has 3 heteroatoms. The van der Waals surface area contributed by atoms with Crippen molar-refractivity contribution in [3.05, 3.63) is 0 Å². The van der Waals surface area contributed by atoms with Crippen LogP contribution in [0.25, 0.3) is 0 Å².